The van der Waals surface area contributed by atoms with Gasteiger partial charge in [0, 0.05) is 33.7 Å². The fraction of sp³-hybridized carbons (Fsp3) is 0. The van der Waals surface area contributed by atoms with Crippen LogP contribution in [0, 0.1) is 0 Å². The molecule has 5 heteroatoms. The van der Waals surface area contributed by atoms with Crippen LogP contribution in [0.1, 0.15) is 0 Å². The summed E-state index contributed by atoms with van der Waals surface area (Å²) in [5, 5.41) is 14.4. The number of hydrogen-bond acceptors (Lipinski definition) is 2. The number of nitrogens with zero attached hydrogens (tertiary/aromatic N) is 2. The fourth-order valence-corrected chi connectivity index (χ4v) is 5.39. The van der Waals surface area contributed by atoms with Crippen LogP contribution in [0.15, 0.2) is 115 Å². The molecule has 0 spiro atoms. The molecule has 1 N–H and O–H groups in total. The topological polar surface area (TPSA) is 39.3 Å². The highest BCUT2D eigenvalue weighted by molar-refractivity contribution is 6.17. The molecule has 0 aliphatic heterocycles. The second-order valence-electron chi connectivity index (χ2n) is 8.70. The molecule has 0 saturated heterocycles. The maximum Gasteiger partial charge on any atom is 0.504 e. The van der Waals surface area contributed by atoms with E-state index < -0.39 is 0 Å². The highest BCUT2D eigenvalue weighted by Crippen LogP contribution is 2.36. The summed E-state index contributed by atoms with van der Waals surface area (Å²) in [6.07, 6.45) is 0. The van der Waals surface area contributed by atoms with Crippen molar-refractivity contribution in [2.45, 2.75) is 0 Å². The summed E-state index contributed by atoms with van der Waals surface area (Å²) >= 11 is 0. The first-order chi connectivity index (χ1) is 17.3. The van der Waals surface area contributed by atoms with Gasteiger partial charge in [0.05, 0.1) is 33.4 Å². The Morgan fingerprint density at radius 3 is 1.17 bits per heavy atom. The summed E-state index contributed by atoms with van der Waals surface area (Å²) in [6, 6.07) is 40.0. The molecule has 0 aliphatic rings. The molecule has 7 rings (SSSR count). The Morgan fingerprint density at radius 1 is 0.486 bits per heavy atom. The van der Waals surface area contributed by atoms with E-state index in [1.165, 1.54) is 21.5 Å². The van der Waals surface area contributed by atoms with Crippen LogP contribution < -0.4 is 4.65 Å². The van der Waals surface area contributed by atoms with Crippen LogP contribution in [0.5, 0.6) is 5.75 Å². The van der Waals surface area contributed by atoms with Gasteiger partial charge in [-0.25, -0.2) is 0 Å². The third kappa shape index (κ3) is 2.99. The van der Waals surface area contributed by atoms with Gasteiger partial charge in [0.25, 0.3) is 0 Å². The van der Waals surface area contributed by atoms with Gasteiger partial charge in [-0.05, 0) is 30.3 Å². The average Bonchev–Trinajstić information content (AvgIpc) is 3.42. The minimum Gasteiger partial charge on any atom is -0.539 e. The molecule has 0 atom stereocenters. The van der Waals surface area contributed by atoms with Crippen LogP contribution in [0.4, 0.5) is 0 Å². The molecule has 2 aromatic heterocycles. The third-order valence-corrected chi connectivity index (χ3v) is 6.78. The average molecular weight is 452 g/mol. The van der Waals surface area contributed by atoms with E-state index >= 15 is 0 Å². The molecular weight excluding hydrogens is 431 g/mol. The summed E-state index contributed by atoms with van der Waals surface area (Å²) in [6.45, 7) is 0. The van der Waals surface area contributed by atoms with Gasteiger partial charge in [-0.2, -0.15) is 0 Å². The van der Waals surface area contributed by atoms with Gasteiger partial charge < -0.3 is 18.8 Å². The zero-order valence-corrected chi connectivity index (χ0v) is 18.9. The number of hydrogen-bond donors (Lipinski definition) is 1. The molecule has 7 aromatic rings. The van der Waals surface area contributed by atoms with Gasteiger partial charge in [0.15, 0.2) is 0 Å². The van der Waals surface area contributed by atoms with Crippen LogP contribution in [-0.4, -0.2) is 21.8 Å². The minimum absolute atomic E-state index is 0.386. The highest BCUT2D eigenvalue weighted by atomic mass is 16.5. The first-order valence-electron chi connectivity index (χ1n) is 11.7. The van der Waals surface area contributed by atoms with Crippen molar-refractivity contribution in [2.24, 2.45) is 0 Å². The van der Waals surface area contributed by atoms with E-state index in [9.17, 15) is 5.02 Å². The zero-order chi connectivity index (χ0) is 23.4. The first-order valence-corrected chi connectivity index (χ1v) is 11.7. The lowest BCUT2D eigenvalue weighted by Gasteiger charge is -2.15. The second kappa shape index (κ2) is 7.79. The summed E-state index contributed by atoms with van der Waals surface area (Å²) in [5.41, 5.74) is 6.47. The normalized spacial score (nSPS) is 11.6. The molecular formula is C30H21BN2O2. The maximum atomic E-state index is 9.61. The van der Waals surface area contributed by atoms with Crippen LogP contribution in [0.25, 0.3) is 55.0 Å². The van der Waals surface area contributed by atoms with Crippen LogP contribution in [0.2, 0.25) is 0 Å². The van der Waals surface area contributed by atoms with Crippen molar-refractivity contribution in [1.82, 2.24) is 9.13 Å². The zero-order valence-electron chi connectivity index (χ0n) is 18.9. The van der Waals surface area contributed by atoms with Gasteiger partial charge >= 0.3 is 7.69 Å². The van der Waals surface area contributed by atoms with E-state index in [-0.39, 0.29) is 7.69 Å². The van der Waals surface area contributed by atoms with Gasteiger partial charge in [0.1, 0.15) is 5.75 Å². The number of fused-ring (bicyclic) bond motifs is 6. The van der Waals surface area contributed by atoms with Crippen molar-refractivity contribution >= 4 is 51.3 Å². The second-order valence-corrected chi connectivity index (χ2v) is 8.70. The summed E-state index contributed by atoms with van der Waals surface area (Å²) in [5.74, 6) is 0.615. The smallest absolute Gasteiger partial charge is 0.504 e. The van der Waals surface area contributed by atoms with E-state index in [1.54, 1.807) is 0 Å². The van der Waals surface area contributed by atoms with E-state index in [1.807, 2.05) is 12.1 Å². The predicted molar refractivity (Wildman–Crippen MR) is 145 cm³/mol. The van der Waals surface area contributed by atoms with Crippen LogP contribution in [-0.2, 0) is 0 Å². The van der Waals surface area contributed by atoms with E-state index in [4.69, 9.17) is 4.65 Å². The Bertz CT molecular complexity index is 1640. The Labute approximate surface area is 202 Å². The van der Waals surface area contributed by atoms with Crippen molar-refractivity contribution in [1.29, 1.82) is 0 Å². The summed E-state index contributed by atoms with van der Waals surface area (Å²) < 4.78 is 10.2. The Balaban J connectivity index is 1.59. The van der Waals surface area contributed by atoms with Crippen molar-refractivity contribution in [3.8, 4) is 17.1 Å². The predicted octanol–water partition coefficient (Wildman–Crippen LogP) is 6.52. The van der Waals surface area contributed by atoms with E-state index in [2.05, 4.69) is 112 Å². The minimum atomic E-state index is -0.386. The maximum absolute atomic E-state index is 9.61. The molecule has 0 radical (unpaired) electrons. The van der Waals surface area contributed by atoms with Gasteiger partial charge in [-0.15, -0.1) is 0 Å². The first kappa shape index (κ1) is 19.9. The lowest BCUT2D eigenvalue weighted by Crippen LogP contribution is -2.04. The van der Waals surface area contributed by atoms with Crippen molar-refractivity contribution < 1.29 is 9.68 Å². The Kier molecular flexibility index (Phi) is 4.44. The Hall–Kier alpha value is -4.48. The van der Waals surface area contributed by atoms with Gasteiger partial charge in [-0.1, -0.05) is 72.8 Å². The highest BCUT2D eigenvalue weighted by Gasteiger charge is 2.16. The van der Waals surface area contributed by atoms with E-state index in [0.717, 1.165) is 33.4 Å². The molecule has 2 heterocycles. The molecule has 0 amide bonds. The van der Waals surface area contributed by atoms with Crippen LogP contribution >= 0.6 is 0 Å². The SMILES string of the molecule is OBOc1cc(-n2c3ccccc3c3ccccc32)cc(-n2c3ccccc3c3ccccc32)c1. The molecule has 4 nitrogen and oxygen atoms in total. The number of rotatable bonds is 4. The van der Waals surface area contributed by atoms with Gasteiger partial charge in [0.2, 0.25) is 0 Å². The quantitative estimate of drug-likeness (QED) is 0.309. The number of aromatic nitrogens is 2. The van der Waals surface area contributed by atoms with Gasteiger partial charge in [-0.3, -0.25) is 0 Å². The van der Waals surface area contributed by atoms with Crippen molar-refractivity contribution in [3.63, 3.8) is 0 Å². The lowest BCUT2D eigenvalue weighted by molar-refractivity contribution is 0.453. The van der Waals surface area contributed by atoms with Crippen LogP contribution in [0.3, 0.4) is 0 Å². The summed E-state index contributed by atoms with van der Waals surface area (Å²) in [7, 11) is -0.386. The monoisotopic (exact) mass is 452 g/mol. The molecule has 0 unspecified atom stereocenters. The third-order valence-electron chi connectivity index (χ3n) is 6.78. The Morgan fingerprint density at radius 2 is 0.829 bits per heavy atom. The molecule has 0 fully saturated rings. The van der Waals surface area contributed by atoms with E-state index in [0.29, 0.717) is 5.75 Å². The number of benzene rings is 5. The fourth-order valence-electron chi connectivity index (χ4n) is 5.39. The van der Waals surface area contributed by atoms with Crippen molar-refractivity contribution in [2.75, 3.05) is 0 Å². The number of para-hydroxylation sites is 4. The molecule has 0 bridgehead atoms. The molecule has 166 valence electrons. The van der Waals surface area contributed by atoms with Crippen molar-refractivity contribution in [3.05, 3.63) is 115 Å². The molecule has 35 heavy (non-hydrogen) atoms. The standard InChI is InChI=1S/C30H21BN2O2/c34-31-35-22-18-20(32-27-13-5-1-9-23(27)24-10-2-6-14-28(24)32)17-21(19-22)33-29-15-7-3-11-25(29)26-12-4-8-16-30(26)33/h1-19,31,34H. The largest absolute Gasteiger partial charge is 0.539 e. The lowest BCUT2D eigenvalue weighted by atomic mass is 10.2. The molecule has 5 aromatic carbocycles. The molecule has 0 aliphatic carbocycles. The molecule has 0 saturated carbocycles. The summed E-state index contributed by atoms with van der Waals surface area (Å²) in [4.78, 5) is 0.